The summed E-state index contributed by atoms with van der Waals surface area (Å²) in [5.74, 6) is 0.460. The topological polar surface area (TPSA) is 72.6 Å². The predicted molar refractivity (Wildman–Crippen MR) is 98.9 cm³/mol. The molecule has 2 aromatic rings. The van der Waals surface area contributed by atoms with E-state index < -0.39 is 0 Å². The third kappa shape index (κ3) is 4.29. The van der Waals surface area contributed by atoms with Gasteiger partial charge >= 0.3 is 0 Å². The lowest BCUT2D eigenvalue weighted by molar-refractivity contribution is -0.122. The lowest BCUT2D eigenvalue weighted by atomic mass is 10.2. The summed E-state index contributed by atoms with van der Waals surface area (Å²) in [4.78, 5) is 25.6. The monoisotopic (exact) mass is 354 g/mol. The minimum atomic E-state index is -0.287. The van der Waals surface area contributed by atoms with Crippen LogP contribution in [0.15, 0.2) is 59.5 Å². The summed E-state index contributed by atoms with van der Waals surface area (Å²) in [6.07, 6.45) is 1.71. The summed E-state index contributed by atoms with van der Waals surface area (Å²) in [6.45, 7) is 1.01. The SMILES string of the molecule is NCCN1C(=O)S/C(=C\c2ccc(OCc3ccccc3)cc2)C1=O. The van der Waals surface area contributed by atoms with Crippen LogP contribution in [0.25, 0.3) is 6.08 Å². The zero-order chi connectivity index (χ0) is 17.6. The Bertz CT molecular complexity index is 788. The largest absolute Gasteiger partial charge is 0.489 e. The Morgan fingerprint density at radius 1 is 1.04 bits per heavy atom. The lowest BCUT2D eigenvalue weighted by Crippen LogP contribution is -2.33. The number of amides is 2. The fourth-order valence-electron chi connectivity index (χ4n) is 2.37. The van der Waals surface area contributed by atoms with Crippen molar-refractivity contribution in [2.24, 2.45) is 5.73 Å². The van der Waals surface area contributed by atoms with Gasteiger partial charge in [-0.2, -0.15) is 0 Å². The van der Waals surface area contributed by atoms with Gasteiger partial charge in [-0.1, -0.05) is 42.5 Å². The van der Waals surface area contributed by atoms with Crippen LogP contribution in [0.2, 0.25) is 0 Å². The van der Waals surface area contributed by atoms with Crippen molar-refractivity contribution in [2.45, 2.75) is 6.61 Å². The third-order valence-electron chi connectivity index (χ3n) is 3.65. The molecule has 5 nitrogen and oxygen atoms in total. The molecule has 1 saturated heterocycles. The van der Waals surface area contributed by atoms with Gasteiger partial charge in [-0.25, -0.2) is 0 Å². The van der Waals surface area contributed by atoms with Gasteiger partial charge in [0.05, 0.1) is 4.91 Å². The van der Waals surface area contributed by atoms with Crippen molar-refractivity contribution in [2.75, 3.05) is 13.1 Å². The van der Waals surface area contributed by atoms with E-state index in [0.717, 1.165) is 28.6 Å². The second kappa shape index (κ2) is 8.00. The highest BCUT2D eigenvalue weighted by Gasteiger charge is 2.34. The first-order valence-electron chi connectivity index (χ1n) is 7.89. The maximum atomic E-state index is 12.2. The molecule has 25 heavy (non-hydrogen) atoms. The molecule has 0 aliphatic carbocycles. The quantitative estimate of drug-likeness (QED) is 0.806. The first kappa shape index (κ1) is 17.3. The molecule has 1 aliphatic rings. The zero-order valence-electron chi connectivity index (χ0n) is 13.6. The van der Waals surface area contributed by atoms with E-state index in [1.54, 1.807) is 6.08 Å². The number of ether oxygens (including phenoxy) is 1. The number of nitrogens with two attached hydrogens (primary N) is 1. The highest BCUT2D eigenvalue weighted by Crippen LogP contribution is 2.32. The number of rotatable bonds is 6. The van der Waals surface area contributed by atoms with Gasteiger partial charge in [0.25, 0.3) is 11.1 Å². The van der Waals surface area contributed by atoms with Crippen molar-refractivity contribution < 1.29 is 14.3 Å². The maximum Gasteiger partial charge on any atom is 0.293 e. The highest BCUT2D eigenvalue weighted by molar-refractivity contribution is 8.18. The molecule has 2 aromatic carbocycles. The molecule has 1 aliphatic heterocycles. The van der Waals surface area contributed by atoms with Crippen molar-refractivity contribution in [3.8, 4) is 5.75 Å². The number of hydrogen-bond acceptors (Lipinski definition) is 5. The van der Waals surface area contributed by atoms with Gasteiger partial charge in [0.15, 0.2) is 0 Å². The van der Waals surface area contributed by atoms with Crippen molar-refractivity contribution in [1.29, 1.82) is 0 Å². The second-order valence-electron chi connectivity index (χ2n) is 5.47. The first-order valence-corrected chi connectivity index (χ1v) is 8.71. The number of benzene rings is 2. The summed E-state index contributed by atoms with van der Waals surface area (Å²) in [6, 6.07) is 17.3. The molecule has 0 saturated carbocycles. The molecule has 3 rings (SSSR count). The van der Waals surface area contributed by atoms with E-state index in [1.165, 1.54) is 4.90 Å². The number of nitrogens with zero attached hydrogens (tertiary/aromatic N) is 1. The van der Waals surface area contributed by atoms with E-state index >= 15 is 0 Å². The summed E-state index contributed by atoms with van der Waals surface area (Å²) in [5.41, 5.74) is 7.36. The Morgan fingerprint density at radius 3 is 2.44 bits per heavy atom. The Kier molecular flexibility index (Phi) is 5.53. The molecular formula is C19H18N2O3S. The van der Waals surface area contributed by atoms with Crippen molar-refractivity contribution in [3.63, 3.8) is 0 Å². The van der Waals surface area contributed by atoms with Gasteiger partial charge in [0.2, 0.25) is 0 Å². The highest BCUT2D eigenvalue weighted by atomic mass is 32.2. The first-order chi connectivity index (χ1) is 12.2. The van der Waals surface area contributed by atoms with Gasteiger partial charge in [-0.3, -0.25) is 14.5 Å². The summed E-state index contributed by atoms with van der Waals surface area (Å²) in [7, 11) is 0. The summed E-state index contributed by atoms with van der Waals surface area (Å²) in [5, 5.41) is -0.274. The molecule has 0 bridgehead atoms. The fourth-order valence-corrected chi connectivity index (χ4v) is 3.24. The molecule has 2 amide bonds. The van der Waals surface area contributed by atoms with Crippen LogP contribution in [-0.4, -0.2) is 29.1 Å². The van der Waals surface area contributed by atoms with Crippen LogP contribution < -0.4 is 10.5 Å². The predicted octanol–water partition coefficient (Wildman–Crippen LogP) is 3.26. The van der Waals surface area contributed by atoms with Crippen molar-refractivity contribution in [3.05, 3.63) is 70.6 Å². The molecule has 128 valence electrons. The number of carbonyl (C=O) groups is 2. The smallest absolute Gasteiger partial charge is 0.293 e. The minimum absolute atomic E-state index is 0.244. The third-order valence-corrected chi connectivity index (χ3v) is 4.56. The molecule has 1 heterocycles. The van der Waals surface area contributed by atoms with Gasteiger partial charge < -0.3 is 10.5 Å². The van der Waals surface area contributed by atoms with Crippen LogP contribution in [0.5, 0.6) is 5.75 Å². The van der Waals surface area contributed by atoms with E-state index in [9.17, 15) is 9.59 Å². The lowest BCUT2D eigenvalue weighted by Gasteiger charge is -2.09. The molecule has 1 fully saturated rings. The molecule has 0 spiro atoms. The Labute approximate surface area is 150 Å². The standard InChI is InChI=1S/C19H18N2O3S/c20-10-11-21-18(22)17(25-19(21)23)12-14-6-8-16(9-7-14)24-13-15-4-2-1-3-5-15/h1-9,12H,10-11,13,20H2/b17-12-. The van der Waals surface area contributed by atoms with Crippen molar-refractivity contribution >= 4 is 29.0 Å². The summed E-state index contributed by atoms with van der Waals surface area (Å²) < 4.78 is 5.74. The summed E-state index contributed by atoms with van der Waals surface area (Å²) >= 11 is 0.940. The minimum Gasteiger partial charge on any atom is -0.489 e. The fraction of sp³-hybridized carbons (Fsp3) is 0.158. The number of hydrogen-bond donors (Lipinski definition) is 1. The van der Waals surface area contributed by atoms with E-state index in [2.05, 4.69) is 0 Å². The number of thioether (sulfide) groups is 1. The Hall–Kier alpha value is -2.57. The average Bonchev–Trinajstić information content (AvgIpc) is 2.90. The normalized spacial score (nSPS) is 15.9. The molecule has 0 unspecified atom stereocenters. The van der Waals surface area contributed by atoms with E-state index in [0.29, 0.717) is 11.5 Å². The Morgan fingerprint density at radius 2 is 1.76 bits per heavy atom. The second-order valence-corrected chi connectivity index (χ2v) is 6.46. The molecule has 0 atom stereocenters. The van der Waals surface area contributed by atoms with E-state index in [4.69, 9.17) is 10.5 Å². The Balaban J connectivity index is 1.64. The van der Waals surface area contributed by atoms with Crippen LogP contribution in [-0.2, 0) is 11.4 Å². The number of imide groups is 1. The maximum absolute atomic E-state index is 12.2. The van der Waals surface area contributed by atoms with E-state index in [1.807, 2.05) is 54.6 Å². The van der Waals surface area contributed by atoms with Gasteiger partial charge in [-0.15, -0.1) is 0 Å². The average molecular weight is 354 g/mol. The van der Waals surface area contributed by atoms with Gasteiger partial charge in [-0.05, 0) is 41.1 Å². The molecule has 0 radical (unpaired) electrons. The van der Waals surface area contributed by atoms with Crippen LogP contribution in [0, 0.1) is 0 Å². The van der Waals surface area contributed by atoms with Crippen LogP contribution in [0.1, 0.15) is 11.1 Å². The van der Waals surface area contributed by atoms with E-state index in [-0.39, 0.29) is 24.2 Å². The zero-order valence-corrected chi connectivity index (χ0v) is 14.4. The van der Waals surface area contributed by atoms with Crippen LogP contribution >= 0.6 is 11.8 Å². The van der Waals surface area contributed by atoms with Gasteiger partial charge in [0, 0.05) is 13.1 Å². The van der Waals surface area contributed by atoms with Crippen LogP contribution in [0.3, 0.4) is 0 Å². The number of carbonyl (C=O) groups excluding carboxylic acids is 2. The molecule has 0 aromatic heterocycles. The van der Waals surface area contributed by atoms with Crippen LogP contribution in [0.4, 0.5) is 4.79 Å². The van der Waals surface area contributed by atoms with Gasteiger partial charge in [0.1, 0.15) is 12.4 Å². The molecular weight excluding hydrogens is 336 g/mol. The van der Waals surface area contributed by atoms with Crippen molar-refractivity contribution in [1.82, 2.24) is 4.90 Å². The molecule has 6 heteroatoms. The molecule has 2 N–H and O–H groups in total.